The van der Waals surface area contributed by atoms with Crippen LogP contribution in [0.1, 0.15) is 23.6 Å². The lowest BCUT2D eigenvalue weighted by atomic mass is 10.0. The molecule has 0 fully saturated rings. The Morgan fingerprint density at radius 1 is 1.08 bits per heavy atom. The standard InChI is InChI=1S/C17H18Cl2N2O3S/c1-11-9-14(19)7-8-15(11)20-17(22)10-16(21-25(2,23)24)12-3-5-13(18)6-4-12/h3-9,16,21H,10H2,1-2H3,(H,20,22)/t16-/m1/s1. The van der Waals surface area contributed by atoms with Crippen LogP contribution in [0, 0.1) is 6.92 Å². The summed E-state index contributed by atoms with van der Waals surface area (Å²) in [5.41, 5.74) is 2.10. The number of anilines is 1. The van der Waals surface area contributed by atoms with Crippen molar-refractivity contribution in [2.45, 2.75) is 19.4 Å². The SMILES string of the molecule is Cc1cc(Cl)ccc1NC(=O)C[C@@H](NS(C)(=O)=O)c1ccc(Cl)cc1. The molecular formula is C17H18Cl2N2O3S. The zero-order chi connectivity index (χ0) is 18.6. The molecule has 8 heteroatoms. The van der Waals surface area contributed by atoms with Crippen LogP contribution in [-0.4, -0.2) is 20.6 Å². The van der Waals surface area contributed by atoms with Crippen molar-refractivity contribution < 1.29 is 13.2 Å². The first-order chi connectivity index (χ1) is 11.6. The third kappa shape index (κ3) is 6.32. The Kier molecular flexibility index (Phi) is 6.46. The Hall–Kier alpha value is -1.60. The fourth-order valence-electron chi connectivity index (χ4n) is 2.34. The van der Waals surface area contributed by atoms with Crippen LogP contribution in [-0.2, 0) is 14.8 Å². The van der Waals surface area contributed by atoms with E-state index in [0.29, 0.717) is 21.3 Å². The van der Waals surface area contributed by atoms with Gasteiger partial charge in [-0.25, -0.2) is 13.1 Å². The van der Waals surface area contributed by atoms with E-state index in [2.05, 4.69) is 10.0 Å². The van der Waals surface area contributed by atoms with E-state index in [1.807, 2.05) is 6.92 Å². The van der Waals surface area contributed by atoms with Crippen LogP contribution in [0.4, 0.5) is 5.69 Å². The van der Waals surface area contributed by atoms with Gasteiger partial charge in [-0.15, -0.1) is 0 Å². The number of halogens is 2. The molecule has 0 spiro atoms. The zero-order valence-corrected chi connectivity index (χ0v) is 16.0. The molecule has 5 nitrogen and oxygen atoms in total. The van der Waals surface area contributed by atoms with Gasteiger partial charge in [0.15, 0.2) is 0 Å². The number of amides is 1. The number of carbonyl (C=O) groups excluding carboxylic acids is 1. The molecule has 0 saturated heterocycles. The summed E-state index contributed by atoms with van der Waals surface area (Å²) >= 11 is 11.8. The molecule has 0 bridgehead atoms. The Morgan fingerprint density at radius 3 is 2.24 bits per heavy atom. The molecule has 25 heavy (non-hydrogen) atoms. The van der Waals surface area contributed by atoms with Crippen LogP contribution in [0.15, 0.2) is 42.5 Å². The van der Waals surface area contributed by atoms with Crippen molar-refractivity contribution in [2.24, 2.45) is 0 Å². The molecule has 2 aromatic carbocycles. The summed E-state index contributed by atoms with van der Waals surface area (Å²) in [5, 5.41) is 3.88. The number of hydrogen-bond donors (Lipinski definition) is 2. The lowest BCUT2D eigenvalue weighted by Crippen LogP contribution is -2.30. The van der Waals surface area contributed by atoms with E-state index in [-0.39, 0.29) is 12.3 Å². The lowest BCUT2D eigenvalue weighted by molar-refractivity contribution is -0.116. The van der Waals surface area contributed by atoms with Crippen LogP contribution in [0.3, 0.4) is 0 Å². The summed E-state index contributed by atoms with van der Waals surface area (Å²) in [6, 6.07) is 11.1. The first-order valence-electron chi connectivity index (χ1n) is 7.43. The van der Waals surface area contributed by atoms with Crippen molar-refractivity contribution in [3.63, 3.8) is 0 Å². The minimum absolute atomic E-state index is 0.0588. The average molecular weight is 401 g/mol. The van der Waals surface area contributed by atoms with Gasteiger partial charge in [-0.1, -0.05) is 35.3 Å². The van der Waals surface area contributed by atoms with Gasteiger partial charge in [0.05, 0.1) is 12.3 Å². The van der Waals surface area contributed by atoms with Gasteiger partial charge in [0.25, 0.3) is 0 Å². The molecule has 2 N–H and O–H groups in total. The predicted octanol–water partition coefficient (Wildman–Crippen LogP) is 3.92. The number of nitrogens with one attached hydrogen (secondary N) is 2. The minimum atomic E-state index is -3.49. The molecule has 2 rings (SSSR count). The largest absolute Gasteiger partial charge is 0.326 e. The number of benzene rings is 2. The first-order valence-corrected chi connectivity index (χ1v) is 10.1. The molecule has 0 heterocycles. The van der Waals surface area contributed by atoms with Gasteiger partial charge in [-0.3, -0.25) is 4.79 Å². The highest BCUT2D eigenvalue weighted by molar-refractivity contribution is 7.88. The van der Waals surface area contributed by atoms with Crippen molar-refractivity contribution in [2.75, 3.05) is 11.6 Å². The van der Waals surface area contributed by atoms with Gasteiger partial charge in [-0.2, -0.15) is 0 Å². The quantitative estimate of drug-likeness (QED) is 0.771. The van der Waals surface area contributed by atoms with Gasteiger partial charge in [0.2, 0.25) is 15.9 Å². The third-order valence-corrected chi connectivity index (χ3v) is 4.68. The van der Waals surface area contributed by atoms with Crippen molar-refractivity contribution in [1.29, 1.82) is 0 Å². The summed E-state index contributed by atoms with van der Waals surface area (Å²) in [7, 11) is -3.49. The minimum Gasteiger partial charge on any atom is -0.326 e. The van der Waals surface area contributed by atoms with Crippen molar-refractivity contribution >= 4 is 44.8 Å². The smallest absolute Gasteiger partial charge is 0.226 e. The molecule has 134 valence electrons. The molecule has 0 aromatic heterocycles. The van der Waals surface area contributed by atoms with Gasteiger partial charge >= 0.3 is 0 Å². The lowest BCUT2D eigenvalue weighted by Gasteiger charge is -2.18. The van der Waals surface area contributed by atoms with Crippen LogP contribution < -0.4 is 10.0 Å². The van der Waals surface area contributed by atoms with E-state index in [9.17, 15) is 13.2 Å². The average Bonchev–Trinajstić information content (AvgIpc) is 2.49. The van der Waals surface area contributed by atoms with E-state index >= 15 is 0 Å². The summed E-state index contributed by atoms with van der Waals surface area (Å²) in [6.07, 6.45) is 0.994. The van der Waals surface area contributed by atoms with E-state index in [4.69, 9.17) is 23.2 Å². The highest BCUT2D eigenvalue weighted by atomic mass is 35.5. The third-order valence-electron chi connectivity index (χ3n) is 3.48. The van der Waals surface area contributed by atoms with Crippen LogP contribution >= 0.6 is 23.2 Å². The molecule has 0 aliphatic rings. The summed E-state index contributed by atoms with van der Waals surface area (Å²) in [5.74, 6) is -0.318. The zero-order valence-electron chi connectivity index (χ0n) is 13.7. The van der Waals surface area contributed by atoms with Crippen LogP contribution in [0.25, 0.3) is 0 Å². The van der Waals surface area contributed by atoms with Gasteiger partial charge in [-0.05, 0) is 48.4 Å². The Morgan fingerprint density at radius 2 is 1.68 bits per heavy atom. The van der Waals surface area contributed by atoms with Crippen molar-refractivity contribution in [3.05, 3.63) is 63.6 Å². The normalized spacial score (nSPS) is 12.6. The van der Waals surface area contributed by atoms with Gasteiger partial charge < -0.3 is 5.32 Å². The highest BCUT2D eigenvalue weighted by Crippen LogP contribution is 2.23. The van der Waals surface area contributed by atoms with Crippen LogP contribution in [0.5, 0.6) is 0 Å². The molecule has 0 aliphatic heterocycles. The Labute approximate surface area is 157 Å². The summed E-state index contributed by atoms with van der Waals surface area (Å²) in [6.45, 7) is 1.83. The van der Waals surface area contributed by atoms with Gasteiger partial charge in [0, 0.05) is 22.2 Å². The second-order valence-electron chi connectivity index (χ2n) is 5.71. The molecule has 0 radical (unpaired) electrons. The topological polar surface area (TPSA) is 75.3 Å². The van der Waals surface area contributed by atoms with E-state index in [1.165, 1.54) is 0 Å². The van der Waals surface area contributed by atoms with Crippen molar-refractivity contribution in [3.8, 4) is 0 Å². The van der Waals surface area contributed by atoms with E-state index < -0.39 is 16.1 Å². The molecule has 0 aliphatic carbocycles. The molecule has 2 aromatic rings. The number of aryl methyl sites for hydroxylation is 1. The molecule has 0 unspecified atom stereocenters. The number of hydrogen-bond acceptors (Lipinski definition) is 3. The number of sulfonamides is 1. The summed E-state index contributed by atoms with van der Waals surface area (Å²) < 4.78 is 25.7. The second-order valence-corrected chi connectivity index (χ2v) is 8.36. The first kappa shape index (κ1) is 19.7. The Balaban J connectivity index is 2.17. The monoisotopic (exact) mass is 400 g/mol. The fourth-order valence-corrected chi connectivity index (χ4v) is 3.42. The van der Waals surface area contributed by atoms with E-state index in [0.717, 1.165) is 11.8 Å². The maximum atomic E-state index is 12.4. The van der Waals surface area contributed by atoms with Crippen molar-refractivity contribution in [1.82, 2.24) is 4.72 Å². The maximum Gasteiger partial charge on any atom is 0.226 e. The summed E-state index contributed by atoms with van der Waals surface area (Å²) in [4.78, 5) is 12.4. The molecular weight excluding hydrogens is 383 g/mol. The number of carbonyl (C=O) groups is 1. The Bertz CT molecular complexity index is 868. The maximum absolute atomic E-state index is 12.4. The van der Waals surface area contributed by atoms with Crippen LogP contribution in [0.2, 0.25) is 10.0 Å². The predicted molar refractivity (Wildman–Crippen MR) is 102 cm³/mol. The molecule has 0 saturated carbocycles. The number of rotatable bonds is 6. The fraction of sp³-hybridized carbons (Fsp3) is 0.235. The highest BCUT2D eigenvalue weighted by Gasteiger charge is 2.20. The van der Waals surface area contributed by atoms with E-state index in [1.54, 1.807) is 42.5 Å². The molecule has 1 atom stereocenters. The molecule has 1 amide bonds. The second kappa shape index (κ2) is 8.19. The van der Waals surface area contributed by atoms with Gasteiger partial charge in [0.1, 0.15) is 0 Å².